The van der Waals surface area contributed by atoms with Gasteiger partial charge >= 0.3 is 0 Å². The summed E-state index contributed by atoms with van der Waals surface area (Å²) in [5.41, 5.74) is 7.61. The van der Waals surface area contributed by atoms with Crippen molar-refractivity contribution in [2.75, 3.05) is 25.0 Å². The summed E-state index contributed by atoms with van der Waals surface area (Å²) in [5.74, 6) is -0.565. The minimum Gasteiger partial charge on any atom is -0.373 e. The van der Waals surface area contributed by atoms with Crippen LogP contribution in [-0.2, 0) is 20.9 Å². The zero-order chi connectivity index (χ0) is 20.0. The first-order valence-electron chi connectivity index (χ1n) is 9.54. The molecule has 0 radical (unpaired) electrons. The van der Waals surface area contributed by atoms with E-state index in [1.165, 1.54) is 0 Å². The zero-order valence-corrected chi connectivity index (χ0v) is 16.7. The third-order valence-corrected chi connectivity index (χ3v) is 4.56. The van der Waals surface area contributed by atoms with Crippen LogP contribution in [0.4, 0.5) is 5.69 Å². The maximum Gasteiger partial charge on any atom is 0.243 e. The van der Waals surface area contributed by atoms with Crippen molar-refractivity contribution in [3.63, 3.8) is 0 Å². The average molecular weight is 377 g/mol. The Morgan fingerprint density at radius 1 is 1.26 bits per heavy atom. The van der Waals surface area contributed by atoms with Gasteiger partial charge in [-0.05, 0) is 37.5 Å². The average Bonchev–Trinajstić information content (AvgIpc) is 2.58. The highest BCUT2D eigenvalue weighted by Gasteiger charge is 2.22. The van der Waals surface area contributed by atoms with E-state index in [9.17, 15) is 9.59 Å². The van der Waals surface area contributed by atoms with Crippen LogP contribution in [0.2, 0.25) is 0 Å². The second kappa shape index (κ2) is 9.82. The molecular weight excluding hydrogens is 344 g/mol. The number of morpholine rings is 1. The van der Waals surface area contributed by atoms with Crippen molar-refractivity contribution in [2.24, 2.45) is 11.7 Å². The van der Waals surface area contributed by atoms with E-state index in [0.29, 0.717) is 5.69 Å². The zero-order valence-electron chi connectivity index (χ0n) is 16.7. The summed E-state index contributed by atoms with van der Waals surface area (Å²) in [5, 5.41) is 5.40. The van der Waals surface area contributed by atoms with Gasteiger partial charge in [0, 0.05) is 25.3 Å². The van der Waals surface area contributed by atoms with Crippen LogP contribution >= 0.6 is 0 Å². The second-order valence-corrected chi connectivity index (χ2v) is 7.69. The fourth-order valence-corrected chi connectivity index (χ4v) is 3.21. The van der Waals surface area contributed by atoms with Crippen LogP contribution in [0.3, 0.4) is 0 Å². The van der Waals surface area contributed by atoms with Gasteiger partial charge in [0.05, 0.1) is 24.8 Å². The molecule has 7 heteroatoms. The molecule has 4 N–H and O–H groups in total. The molecule has 2 rings (SSSR count). The molecule has 0 saturated carbocycles. The number of ether oxygens (including phenoxy) is 1. The molecule has 0 bridgehead atoms. The Hall–Kier alpha value is -1.96. The van der Waals surface area contributed by atoms with Crippen LogP contribution in [0.5, 0.6) is 0 Å². The van der Waals surface area contributed by atoms with Crippen LogP contribution in [0.15, 0.2) is 24.3 Å². The third-order valence-electron chi connectivity index (χ3n) is 4.56. The van der Waals surface area contributed by atoms with Crippen molar-refractivity contribution < 1.29 is 14.3 Å². The molecule has 2 unspecified atom stereocenters. The van der Waals surface area contributed by atoms with Crippen LogP contribution in [0.25, 0.3) is 0 Å². The maximum absolute atomic E-state index is 12.1. The van der Waals surface area contributed by atoms with E-state index in [4.69, 9.17) is 10.5 Å². The van der Waals surface area contributed by atoms with Gasteiger partial charge in [-0.3, -0.25) is 14.5 Å². The fraction of sp³-hybridized carbons (Fsp3) is 0.600. The summed E-state index contributed by atoms with van der Waals surface area (Å²) in [4.78, 5) is 26.3. The highest BCUT2D eigenvalue weighted by atomic mass is 16.5. The molecule has 7 nitrogen and oxygen atoms in total. The number of benzene rings is 1. The lowest BCUT2D eigenvalue weighted by atomic mass is 10.1. The molecule has 1 aliphatic rings. The number of nitrogens with zero attached hydrogens (tertiary/aromatic N) is 1. The summed E-state index contributed by atoms with van der Waals surface area (Å²) in [6.07, 6.45) is 0.440. The number of nitrogens with two attached hydrogens (primary N) is 1. The molecule has 150 valence electrons. The van der Waals surface area contributed by atoms with Crippen molar-refractivity contribution in [3.05, 3.63) is 29.8 Å². The number of hydrogen-bond acceptors (Lipinski definition) is 5. The summed E-state index contributed by atoms with van der Waals surface area (Å²) in [7, 11) is 0. The monoisotopic (exact) mass is 376 g/mol. The highest BCUT2D eigenvalue weighted by Crippen LogP contribution is 2.17. The molecule has 1 aromatic rings. The second-order valence-electron chi connectivity index (χ2n) is 7.69. The van der Waals surface area contributed by atoms with E-state index < -0.39 is 6.04 Å². The van der Waals surface area contributed by atoms with E-state index in [1.807, 2.05) is 38.1 Å². The fourth-order valence-electron chi connectivity index (χ4n) is 3.21. The van der Waals surface area contributed by atoms with E-state index in [1.54, 1.807) is 0 Å². The van der Waals surface area contributed by atoms with E-state index in [0.717, 1.165) is 25.2 Å². The first kappa shape index (κ1) is 21.3. The van der Waals surface area contributed by atoms with Gasteiger partial charge in [-0.2, -0.15) is 0 Å². The Balaban J connectivity index is 1.86. The molecule has 0 spiro atoms. The lowest BCUT2D eigenvalue weighted by molar-refractivity contribution is -0.125. The van der Waals surface area contributed by atoms with Gasteiger partial charge in [0.2, 0.25) is 11.8 Å². The molecule has 1 heterocycles. The maximum atomic E-state index is 12.1. The van der Waals surface area contributed by atoms with E-state index >= 15 is 0 Å². The number of carbonyl (C=O) groups excluding carboxylic acids is 2. The van der Waals surface area contributed by atoms with Crippen LogP contribution in [0, 0.1) is 5.92 Å². The molecule has 1 fully saturated rings. The van der Waals surface area contributed by atoms with Gasteiger partial charge in [0.25, 0.3) is 0 Å². The van der Waals surface area contributed by atoms with Crippen LogP contribution in [0.1, 0.15) is 33.3 Å². The minimum absolute atomic E-state index is 0.0235. The van der Waals surface area contributed by atoms with E-state index in [-0.39, 0.29) is 36.5 Å². The Kier molecular flexibility index (Phi) is 7.77. The molecule has 1 aromatic carbocycles. The predicted molar refractivity (Wildman–Crippen MR) is 106 cm³/mol. The number of hydrogen-bond donors (Lipinski definition) is 3. The Bertz CT molecular complexity index is 640. The lowest BCUT2D eigenvalue weighted by Crippen LogP contribution is -2.46. The Morgan fingerprint density at radius 2 is 1.93 bits per heavy atom. The number of amides is 2. The molecule has 0 aromatic heterocycles. The number of carbonyl (C=O) groups is 2. The van der Waals surface area contributed by atoms with Gasteiger partial charge in [0.15, 0.2) is 0 Å². The van der Waals surface area contributed by atoms with Gasteiger partial charge in [-0.15, -0.1) is 0 Å². The van der Waals surface area contributed by atoms with Gasteiger partial charge in [-0.1, -0.05) is 26.0 Å². The lowest BCUT2D eigenvalue weighted by Gasteiger charge is -2.35. The smallest absolute Gasteiger partial charge is 0.243 e. The molecule has 1 saturated heterocycles. The molecule has 0 aliphatic carbocycles. The quantitative estimate of drug-likeness (QED) is 0.667. The van der Waals surface area contributed by atoms with Gasteiger partial charge in [-0.25, -0.2) is 0 Å². The normalized spacial score (nSPS) is 21.7. The highest BCUT2D eigenvalue weighted by molar-refractivity contribution is 5.95. The molecule has 2 amide bonds. The number of rotatable bonds is 7. The first-order valence-corrected chi connectivity index (χ1v) is 9.54. The predicted octanol–water partition coefficient (Wildman–Crippen LogP) is 1.33. The van der Waals surface area contributed by atoms with Gasteiger partial charge < -0.3 is 21.1 Å². The number of nitrogens with one attached hydrogen (secondary N) is 2. The van der Waals surface area contributed by atoms with Crippen LogP contribution < -0.4 is 16.4 Å². The van der Waals surface area contributed by atoms with Crippen molar-refractivity contribution >= 4 is 17.5 Å². The van der Waals surface area contributed by atoms with E-state index in [2.05, 4.69) is 29.4 Å². The summed E-state index contributed by atoms with van der Waals surface area (Å²) >= 11 is 0. The summed E-state index contributed by atoms with van der Waals surface area (Å²) in [6.45, 7) is 10.4. The molecule has 1 aliphatic heterocycles. The third kappa shape index (κ3) is 6.93. The minimum atomic E-state index is -0.612. The topological polar surface area (TPSA) is 96.7 Å². The van der Waals surface area contributed by atoms with Crippen molar-refractivity contribution in [1.29, 1.82) is 0 Å². The first-order chi connectivity index (χ1) is 12.7. The van der Waals surface area contributed by atoms with Crippen LogP contribution in [-0.4, -0.2) is 54.6 Å². The standard InChI is InChI=1S/C20H32N4O3/c1-13(2)19(21)20(26)22-9-18(25)23-17-7-5-6-16(8-17)12-24-10-14(3)27-15(4)11-24/h5-8,13-15,19H,9-12,21H2,1-4H3,(H,22,26)(H,23,25)/t14?,15?,19-/m0/s1. The molecular formula is C20H32N4O3. The summed E-state index contributed by atoms with van der Waals surface area (Å²) in [6, 6.07) is 7.16. The van der Waals surface area contributed by atoms with Crippen molar-refractivity contribution in [3.8, 4) is 0 Å². The Labute approximate surface area is 161 Å². The molecule has 3 atom stereocenters. The largest absolute Gasteiger partial charge is 0.373 e. The van der Waals surface area contributed by atoms with Crippen molar-refractivity contribution in [2.45, 2.75) is 52.5 Å². The van der Waals surface area contributed by atoms with Crippen molar-refractivity contribution in [1.82, 2.24) is 10.2 Å². The summed E-state index contributed by atoms with van der Waals surface area (Å²) < 4.78 is 5.77. The van der Waals surface area contributed by atoms with Gasteiger partial charge in [0.1, 0.15) is 0 Å². The number of anilines is 1. The molecule has 27 heavy (non-hydrogen) atoms. The Morgan fingerprint density at radius 3 is 2.56 bits per heavy atom. The SMILES string of the molecule is CC1CN(Cc2cccc(NC(=O)CNC(=O)[C@@H](N)C(C)C)c2)CC(C)O1.